The minimum atomic E-state index is -0.466. The highest BCUT2D eigenvalue weighted by molar-refractivity contribution is 6.12. The maximum atomic E-state index is 13.0. The van der Waals surface area contributed by atoms with Gasteiger partial charge < -0.3 is 9.72 Å². The molecule has 0 spiro atoms. The largest absolute Gasteiger partial charge is 0.424 e. The highest BCUT2D eigenvalue weighted by atomic mass is 16.5. The first kappa shape index (κ1) is 16.9. The molecule has 1 N–H and O–H groups in total. The Morgan fingerprint density at radius 2 is 1.80 bits per heavy atom. The number of nitrogens with one attached hydrogen (secondary N) is 1. The lowest BCUT2D eigenvalue weighted by atomic mass is 10.1. The van der Waals surface area contributed by atoms with Gasteiger partial charge >= 0.3 is 5.97 Å². The SMILES string of the molecule is CCc1ccnc(C(=O)c2[nH]c3ccc(CC)cc3c2OC(C)=O)c1. The predicted octanol–water partition coefficient (Wildman–Crippen LogP) is 3.84. The molecule has 5 heteroatoms. The standard InChI is InChI=1S/C20H20N2O3/c1-4-13-6-7-16-15(10-13)20(25-12(3)23)18(22-16)19(24)17-11-14(5-2)8-9-21-17/h6-11,22H,4-5H2,1-3H3. The van der Waals surface area contributed by atoms with Crippen LogP contribution in [0.1, 0.15) is 48.1 Å². The van der Waals surface area contributed by atoms with Gasteiger partial charge in [0.25, 0.3) is 0 Å². The molecule has 5 nitrogen and oxygen atoms in total. The molecule has 0 radical (unpaired) electrons. The van der Waals surface area contributed by atoms with Crippen molar-refractivity contribution in [2.75, 3.05) is 0 Å². The zero-order valence-corrected chi connectivity index (χ0v) is 14.6. The lowest BCUT2D eigenvalue weighted by Gasteiger charge is -2.05. The zero-order valence-electron chi connectivity index (χ0n) is 14.6. The molecule has 128 valence electrons. The van der Waals surface area contributed by atoms with Gasteiger partial charge in [0.15, 0.2) is 5.75 Å². The number of rotatable bonds is 5. The summed E-state index contributed by atoms with van der Waals surface area (Å²) in [6, 6.07) is 9.47. The highest BCUT2D eigenvalue weighted by Crippen LogP contribution is 2.32. The Kier molecular flexibility index (Phi) is 4.65. The molecule has 3 aromatic rings. The summed E-state index contributed by atoms with van der Waals surface area (Å²) in [5.74, 6) is -0.487. The molecule has 3 rings (SSSR count). The molecule has 0 fully saturated rings. The Hall–Kier alpha value is -2.95. The molecule has 0 saturated carbocycles. The number of carbonyl (C=O) groups is 2. The summed E-state index contributed by atoms with van der Waals surface area (Å²) >= 11 is 0. The van der Waals surface area contributed by atoms with E-state index in [9.17, 15) is 9.59 Å². The molecule has 2 heterocycles. The molecular weight excluding hydrogens is 316 g/mol. The van der Waals surface area contributed by atoms with E-state index < -0.39 is 5.97 Å². The Labute approximate surface area is 146 Å². The molecular formula is C20H20N2O3. The number of hydrogen-bond donors (Lipinski definition) is 1. The molecule has 0 amide bonds. The Morgan fingerprint density at radius 1 is 1.08 bits per heavy atom. The summed E-state index contributed by atoms with van der Waals surface area (Å²) in [6.45, 7) is 5.39. The minimum absolute atomic E-state index is 0.249. The van der Waals surface area contributed by atoms with Crippen molar-refractivity contribution in [2.45, 2.75) is 33.6 Å². The predicted molar refractivity (Wildman–Crippen MR) is 96.0 cm³/mol. The van der Waals surface area contributed by atoms with Crippen molar-refractivity contribution in [1.82, 2.24) is 9.97 Å². The topological polar surface area (TPSA) is 72.1 Å². The van der Waals surface area contributed by atoms with Crippen molar-refractivity contribution < 1.29 is 14.3 Å². The van der Waals surface area contributed by atoms with Crippen LogP contribution >= 0.6 is 0 Å². The summed E-state index contributed by atoms with van der Waals surface area (Å²) in [5.41, 5.74) is 3.46. The average Bonchev–Trinajstić information content (AvgIpc) is 2.98. The minimum Gasteiger partial charge on any atom is -0.424 e. The number of ether oxygens (including phenoxy) is 1. The van der Waals surface area contributed by atoms with E-state index in [2.05, 4.69) is 9.97 Å². The van der Waals surface area contributed by atoms with Gasteiger partial charge in [0.2, 0.25) is 5.78 Å². The summed E-state index contributed by atoms with van der Waals surface area (Å²) in [5, 5.41) is 0.726. The van der Waals surface area contributed by atoms with Crippen molar-refractivity contribution in [3.63, 3.8) is 0 Å². The smallest absolute Gasteiger partial charge is 0.308 e. The van der Waals surface area contributed by atoms with Gasteiger partial charge in [-0.1, -0.05) is 19.9 Å². The van der Waals surface area contributed by atoms with Gasteiger partial charge in [0.05, 0.1) is 0 Å². The third-order valence-electron chi connectivity index (χ3n) is 4.16. The second kappa shape index (κ2) is 6.89. The van der Waals surface area contributed by atoms with E-state index >= 15 is 0 Å². The number of aryl methyl sites for hydroxylation is 2. The first-order valence-electron chi connectivity index (χ1n) is 8.36. The van der Waals surface area contributed by atoms with Crippen LogP contribution in [0.15, 0.2) is 36.5 Å². The van der Waals surface area contributed by atoms with Gasteiger partial charge in [0.1, 0.15) is 11.4 Å². The van der Waals surface area contributed by atoms with E-state index in [4.69, 9.17) is 4.74 Å². The lowest BCUT2D eigenvalue weighted by molar-refractivity contribution is -0.131. The number of pyridine rings is 1. The van der Waals surface area contributed by atoms with Crippen LogP contribution in [0.2, 0.25) is 0 Å². The average molecular weight is 336 g/mol. The van der Waals surface area contributed by atoms with Crippen LogP contribution in [0.5, 0.6) is 5.75 Å². The monoisotopic (exact) mass is 336 g/mol. The second-order valence-electron chi connectivity index (χ2n) is 5.89. The Morgan fingerprint density at radius 3 is 2.48 bits per heavy atom. The number of fused-ring (bicyclic) bond motifs is 1. The van der Waals surface area contributed by atoms with Crippen LogP contribution in [0.25, 0.3) is 10.9 Å². The van der Waals surface area contributed by atoms with E-state index in [0.29, 0.717) is 5.69 Å². The van der Waals surface area contributed by atoms with Crippen LogP contribution < -0.4 is 4.74 Å². The van der Waals surface area contributed by atoms with Crippen LogP contribution in [-0.2, 0) is 17.6 Å². The fraction of sp³-hybridized carbons (Fsp3) is 0.250. The summed E-state index contributed by atoms with van der Waals surface area (Å²) in [7, 11) is 0. The number of ketones is 1. The van der Waals surface area contributed by atoms with Crippen molar-refractivity contribution >= 4 is 22.7 Å². The maximum Gasteiger partial charge on any atom is 0.308 e. The molecule has 0 aliphatic rings. The molecule has 0 unspecified atom stereocenters. The van der Waals surface area contributed by atoms with Crippen molar-refractivity contribution in [3.8, 4) is 5.75 Å². The number of aromatic amines is 1. The van der Waals surface area contributed by atoms with Gasteiger partial charge in [-0.05, 0) is 48.2 Å². The molecule has 0 saturated heterocycles. The normalized spacial score (nSPS) is 10.8. The van der Waals surface area contributed by atoms with Gasteiger partial charge in [0, 0.05) is 24.0 Å². The number of esters is 1. The van der Waals surface area contributed by atoms with Crippen LogP contribution in [0.3, 0.4) is 0 Å². The lowest BCUT2D eigenvalue weighted by Crippen LogP contribution is -2.09. The summed E-state index contributed by atoms with van der Waals surface area (Å²) in [4.78, 5) is 31.8. The van der Waals surface area contributed by atoms with E-state index in [1.807, 2.05) is 38.1 Å². The van der Waals surface area contributed by atoms with Gasteiger partial charge in [-0.25, -0.2) is 0 Å². The van der Waals surface area contributed by atoms with Gasteiger partial charge in [-0.2, -0.15) is 0 Å². The summed E-state index contributed by atoms with van der Waals surface area (Å²) in [6.07, 6.45) is 3.28. The molecule has 0 bridgehead atoms. The number of hydrogen-bond acceptors (Lipinski definition) is 4. The second-order valence-corrected chi connectivity index (χ2v) is 5.89. The Bertz CT molecular complexity index is 957. The number of aromatic nitrogens is 2. The van der Waals surface area contributed by atoms with E-state index in [1.54, 1.807) is 12.3 Å². The third kappa shape index (κ3) is 3.31. The zero-order chi connectivity index (χ0) is 18.0. The van der Waals surface area contributed by atoms with Gasteiger partial charge in [-0.3, -0.25) is 14.6 Å². The number of nitrogens with zero attached hydrogens (tertiary/aromatic N) is 1. The molecule has 25 heavy (non-hydrogen) atoms. The van der Waals surface area contributed by atoms with Crippen LogP contribution in [-0.4, -0.2) is 21.7 Å². The highest BCUT2D eigenvalue weighted by Gasteiger charge is 2.23. The van der Waals surface area contributed by atoms with Crippen molar-refractivity contribution in [2.24, 2.45) is 0 Å². The quantitative estimate of drug-likeness (QED) is 0.567. The Balaban J connectivity index is 2.16. The van der Waals surface area contributed by atoms with E-state index in [1.165, 1.54) is 6.92 Å². The van der Waals surface area contributed by atoms with Crippen LogP contribution in [0, 0.1) is 0 Å². The van der Waals surface area contributed by atoms with E-state index in [-0.39, 0.29) is 17.2 Å². The number of carbonyl (C=O) groups excluding carboxylic acids is 2. The van der Waals surface area contributed by atoms with Crippen LogP contribution in [0.4, 0.5) is 0 Å². The molecule has 0 aliphatic heterocycles. The van der Waals surface area contributed by atoms with Gasteiger partial charge in [-0.15, -0.1) is 0 Å². The first-order chi connectivity index (χ1) is 12.0. The van der Waals surface area contributed by atoms with Crippen molar-refractivity contribution in [1.29, 1.82) is 0 Å². The molecule has 0 aliphatic carbocycles. The van der Waals surface area contributed by atoms with Crippen molar-refractivity contribution in [3.05, 3.63) is 59.0 Å². The fourth-order valence-electron chi connectivity index (χ4n) is 2.79. The molecule has 0 atom stereocenters. The molecule has 1 aromatic carbocycles. The number of H-pyrrole nitrogens is 1. The first-order valence-corrected chi connectivity index (χ1v) is 8.36. The summed E-state index contributed by atoms with van der Waals surface area (Å²) < 4.78 is 5.38. The fourth-order valence-corrected chi connectivity index (χ4v) is 2.79. The number of benzene rings is 1. The molecule has 2 aromatic heterocycles. The maximum absolute atomic E-state index is 13.0. The van der Waals surface area contributed by atoms with E-state index in [0.717, 1.165) is 34.9 Å². The third-order valence-corrected chi connectivity index (χ3v) is 4.16.